The van der Waals surface area contributed by atoms with Crippen molar-refractivity contribution in [3.05, 3.63) is 59.1 Å². The number of piperazine rings is 1. The first-order valence-corrected chi connectivity index (χ1v) is 9.64. The van der Waals surface area contributed by atoms with Crippen molar-refractivity contribution < 1.29 is 9.59 Å². The van der Waals surface area contributed by atoms with Crippen LogP contribution in [0.15, 0.2) is 48.5 Å². The molecule has 0 saturated carbocycles. The van der Waals surface area contributed by atoms with Gasteiger partial charge in [-0.05, 0) is 23.8 Å². The molecule has 2 aromatic rings. The smallest absolute Gasteiger partial charge is 0.237 e. The van der Waals surface area contributed by atoms with Gasteiger partial charge in [0.25, 0.3) is 0 Å². The summed E-state index contributed by atoms with van der Waals surface area (Å²) in [7, 11) is 3.81. The minimum absolute atomic E-state index is 0.0890. The van der Waals surface area contributed by atoms with Crippen LogP contribution in [-0.2, 0) is 16.1 Å². The van der Waals surface area contributed by atoms with E-state index in [-0.39, 0.29) is 18.2 Å². The van der Waals surface area contributed by atoms with Crippen molar-refractivity contribution in [3.63, 3.8) is 0 Å². The number of carbonyl (C=O) groups is 2. The zero-order valence-corrected chi connectivity index (χ0v) is 16.9. The highest BCUT2D eigenvalue weighted by atomic mass is 35.5. The molecule has 1 heterocycles. The van der Waals surface area contributed by atoms with Gasteiger partial charge in [-0.3, -0.25) is 14.5 Å². The molecule has 0 aromatic heterocycles. The lowest BCUT2D eigenvalue weighted by Gasteiger charge is -2.34. The molecule has 1 aliphatic heterocycles. The fraction of sp³-hybridized carbons (Fsp3) is 0.333. The van der Waals surface area contributed by atoms with E-state index in [0.29, 0.717) is 30.3 Å². The van der Waals surface area contributed by atoms with E-state index < -0.39 is 6.04 Å². The summed E-state index contributed by atoms with van der Waals surface area (Å²) in [6.45, 7) is 1.93. The summed E-state index contributed by atoms with van der Waals surface area (Å²) in [6.07, 6.45) is 0.0890. The number of halogens is 1. The van der Waals surface area contributed by atoms with Crippen molar-refractivity contribution >= 4 is 34.8 Å². The molecule has 2 N–H and O–H groups in total. The third-order valence-corrected chi connectivity index (χ3v) is 5.06. The first-order chi connectivity index (χ1) is 13.4. The Kier molecular flexibility index (Phi) is 6.54. The number of amides is 2. The van der Waals surface area contributed by atoms with Crippen LogP contribution in [0.5, 0.6) is 0 Å². The van der Waals surface area contributed by atoms with Gasteiger partial charge in [-0.25, -0.2) is 0 Å². The molecule has 28 heavy (non-hydrogen) atoms. The van der Waals surface area contributed by atoms with E-state index in [4.69, 9.17) is 11.6 Å². The average molecular weight is 401 g/mol. The van der Waals surface area contributed by atoms with Crippen LogP contribution < -0.4 is 15.5 Å². The Hall–Kier alpha value is -2.57. The van der Waals surface area contributed by atoms with Crippen LogP contribution in [-0.4, -0.2) is 49.9 Å². The van der Waals surface area contributed by atoms with Gasteiger partial charge >= 0.3 is 0 Å². The number of anilines is 2. The van der Waals surface area contributed by atoms with Crippen molar-refractivity contribution in [2.75, 3.05) is 37.4 Å². The molecular formula is C21H25ClN4O2. The van der Waals surface area contributed by atoms with E-state index in [1.807, 2.05) is 61.5 Å². The Morgan fingerprint density at radius 2 is 2.00 bits per heavy atom. The van der Waals surface area contributed by atoms with E-state index in [1.165, 1.54) is 0 Å². The lowest BCUT2D eigenvalue weighted by molar-refractivity contribution is -0.132. The van der Waals surface area contributed by atoms with Gasteiger partial charge in [0, 0.05) is 39.4 Å². The van der Waals surface area contributed by atoms with E-state index >= 15 is 0 Å². The van der Waals surface area contributed by atoms with Crippen LogP contribution in [0.4, 0.5) is 11.4 Å². The molecule has 2 amide bonds. The molecule has 148 valence electrons. The van der Waals surface area contributed by atoms with Crippen molar-refractivity contribution in [2.45, 2.75) is 19.0 Å². The second kappa shape index (κ2) is 9.08. The van der Waals surface area contributed by atoms with Crippen molar-refractivity contribution in [1.82, 2.24) is 10.2 Å². The molecule has 2 aromatic carbocycles. The summed E-state index contributed by atoms with van der Waals surface area (Å²) in [5, 5.41) is 6.27. The van der Waals surface area contributed by atoms with Gasteiger partial charge in [0.2, 0.25) is 11.8 Å². The molecule has 7 heteroatoms. The van der Waals surface area contributed by atoms with E-state index in [2.05, 4.69) is 15.5 Å². The van der Waals surface area contributed by atoms with Crippen LogP contribution in [0.3, 0.4) is 0 Å². The van der Waals surface area contributed by atoms with Crippen molar-refractivity contribution in [3.8, 4) is 0 Å². The minimum Gasteiger partial charge on any atom is -0.376 e. The topological polar surface area (TPSA) is 64.7 Å². The van der Waals surface area contributed by atoms with Gasteiger partial charge < -0.3 is 15.5 Å². The van der Waals surface area contributed by atoms with Crippen LogP contribution >= 0.6 is 11.6 Å². The monoisotopic (exact) mass is 400 g/mol. The van der Waals surface area contributed by atoms with Gasteiger partial charge in [-0.2, -0.15) is 0 Å². The number of rotatable bonds is 6. The van der Waals surface area contributed by atoms with Crippen LogP contribution in [0.25, 0.3) is 0 Å². The molecule has 0 spiro atoms. The molecule has 1 atom stereocenters. The average Bonchev–Trinajstić information content (AvgIpc) is 2.65. The molecule has 1 aliphatic rings. The molecule has 0 radical (unpaired) electrons. The summed E-state index contributed by atoms with van der Waals surface area (Å²) in [4.78, 5) is 28.9. The minimum atomic E-state index is -0.495. The Morgan fingerprint density at radius 1 is 1.25 bits per heavy atom. The molecule has 3 rings (SSSR count). The van der Waals surface area contributed by atoms with Gasteiger partial charge in [-0.15, -0.1) is 0 Å². The lowest BCUT2D eigenvalue weighted by atomic mass is 10.1. The summed E-state index contributed by atoms with van der Waals surface area (Å²) in [6, 6.07) is 14.8. The lowest BCUT2D eigenvalue weighted by Crippen LogP contribution is -2.55. The Labute approximate surface area is 170 Å². The quantitative estimate of drug-likeness (QED) is 0.782. The third kappa shape index (κ3) is 5.03. The number of nitrogens with one attached hydrogen (secondary N) is 2. The SMILES string of the molecule is CN(C)c1ccc(NC(=O)CC2C(=O)NCCN2Cc2ccccc2)cc1Cl. The number of carbonyl (C=O) groups excluding carboxylic acids is 2. The summed E-state index contributed by atoms with van der Waals surface area (Å²) in [5.74, 6) is -0.327. The molecule has 0 aliphatic carbocycles. The third-order valence-electron chi connectivity index (χ3n) is 4.76. The number of hydrogen-bond acceptors (Lipinski definition) is 4. The number of hydrogen-bond donors (Lipinski definition) is 2. The highest BCUT2D eigenvalue weighted by Gasteiger charge is 2.31. The molecule has 1 saturated heterocycles. The van der Waals surface area contributed by atoms with Crippen LogP contribution in [0.2, 0.25) is 5.02 Å². The maximum Gasteiger partial charge on any atom is 0.237 e. The van der Waals surface area contributed by atoms with Gasteiger partial charge in [0.05, 0.1) is 23.2 Å². The molecular weight excluding hydrogens is 376 g/mol. The molecule has 6 nitrogen and oxygen atoms in total. The summed E-state index contributed by atoms with van der Waals surface area (Å²) >= 11 is 6.27. The first kappa shape index (κ1) is 20.2. The van der Waals surface area contributed by atoms with Gasteiger partial charge in [0.15, 0.2) is 0 Å². The van der Waals surface area contributed by atoms with E-state index in [9.17, 15) is 9.59 Å². The maximum absolute atomic E-state index is 12.6. The summed E-state index contributed by atoms with van der Waals surface area (Å²) in [5.41, 5.74) is 2.61. The predicted molar refractivity (Wildman–Crippen MR) is 113 cm³/mol. The van der Waals surface area contributed by atoms with Crippen molar-refractivity contribution in [2.24, 2.45) is 0 Å². The molecule has 0 bridgehead atoms. The predicted octanol–water partition coefficient (Wildman–Crippen LogP) is 2.74. The first-order valence-electron chi connectivity index (χ1n) is 9.26. The Balaban J connectivity index is 1.66. The van der Waals surface area contributed by atoms with E-state index in [1.54, 1.807) is 6.07 Å². The zero-order valence-electron chi connectivity index (χ0n) is 16.1. The van der Waals surface area contributed by atoms with Crippen molar-refractivity contribution in [1.29, 1.82) is 0 Å². The fourth-order valence-corrected chi connectivity index (χ4v) is 3.68. The van der Waals surface area contributed by atoms with Gasteiger partial charge in [-0.1, -0.05) is 41.9 Å². The highest BCUT2D eigenvalue weighted by molar-refractivity contribution is 6.33. The summed E-state index contributed by atoms with van der Waals surface area (Å²) < 4.78 is 0. The van der Waals surface area contributed by atoms with Crippen LogP contribution in [0, 0.1) is 0 Å². The van der Waals surface area contributed by atoms with Crippen LogP contribution in [0.1, 0.15) is 12.0 Å². The zero-order chi connectivity index (χ0) is 20.1. The number of benzene rings is 2. The standard InChI is InChI=1S/C21H25ClN4O2/c1-25(2)18-9-8-16(12-17(18)22)24-20(27)13-19-21(28)23-10-11-26(19)14-15-6-4-3-5-7-15/h3-9,12,19H,10-11,13-14H2,1-2H3,(H,23,28)(H,24,27). The maximum atomic E-state index is 12.6. The highest BCUT2D eigenvalue weighted by Crippen LogP contribution is 2.27. The largest absolute Gasteiger partial charge is 0.376 e. The Morgan fingerprint density at radius 3 is 2.68 bits per heavy atom. The van der Waals surface area contributed by atoms with Gasteiger partial charge in [0.1, 0.15) is 0 Å². The molecule has 1 fully saturated rings. The second-order valence-electron chi connectivity index (χ2n) is 7.08. The fourth-order valence-electron chi connectivity index (χ4n) is 3.33. The van der Waals surface area contributed by atoms with E-state index in [0.717, 1.165) is 11.3 Å². The normalized spacial score (nSPS) is 17.1. The number of nitrogens with zero attached hydrogens (tertiary/aromatic N) is 2. The molecule has 1 unspecified atom stereocenters. The second-order valence-corrected chi connectivity index (χ2v) is 7.48. The Bertz CT molecular complexity index is 842.